The van der Waals surface area contributed by atoms with Gasteiger partial charge in [-0.2, -0.15) is 0 Å². The van der Waals surface area contributed by atoms with E-state index in [1.165, 1.54) is 12.5 Å². The standard InChI is InChI=1S/C34H46O5/c1-20-16-21(2)31(28(17-20)38-22(3)35)32(4,5)19-30(37)39-29-11-10-26-25-9-8-23-18-24(36)12-14-33(23,6)27(25)13-15-34(26,29)7/h16-18,25-27,29H,8-15,19H2,1-7H3/t25-,26-,27-,29-,33-,34-/m0/s1. The fourth-order valence-electron chi connectivity index (χ4n) is 9.39. The van der Waals surface area contributed by atoms with Crippen molar-refractivity contribution in [2.75, 3.05) is 0 Å². The van der Waals surface area contributed by atoms with Gasteiger partial charge in [0, 0.05) is 29.7 Å². The lowest BCUT2D eigenvalue weighted by atomic mass is 9.47. The summed E-state index contributed by atoms with van der Waals surface area (Å²) in [5.41, 5.74) is 3.93. The molecule has 0 heterocycles. The van der Waals surface area contributed by atoms with Crippen LogP contribution in [0.25, 0.3) is 0 Å². The predicted molar refractivity (Wildman–Crippen MR) is 151 cm³/mol. The monoisotopic (exact) mass is 534 g/mol. The van der Waals surface area contributed by atoms with E-state index < -0.39 is 5.41 Å². The Balaban J connectivity index is 1.31. The zero-order valence-electron chi connectivity index (χ0n) is 24.9. The van der Waals surface area contributed by atoms with Gasteiger partial charge in [0.25, 0.3) is 0 Å². The average molecular weight is 535 g/mol. The molecule has 5 rings (SSSR count). The summed E-state index contributed by atoms with van der Waals surface area (Å²) in [6.07, 6.45) is 10.3. The number of benzene rings is 1. The first-order valence-corrected chi connectivity index (χ1v) is 15.0. The van der Waals surface area contributed by atoms with E-state index in [-0.39, 0.29) is 35.3 Å². The number of ether oxygens (including phenoxy) is 2. The molecule has 0 aliphatic heterocycles. The van der Waals surface area contributed by atoms with Gasteiger partial charge in [-0.1, -0.05) is 39.3 Å². The van der Waals surface area contributed by atoms with Gasteiger partial charge in [-0.05, 0) is 105 Å². The number of hydrogen-bond donors (Lipinski definition) is 0. The average Bonchev–Trinajstić information content (AvgIpc) is 3.14. The fraction of sp³-hybridized carbons (Fsp3) is 0.676. The summed E-state index contributed by atoms with van der Waals surface area (Å²) in [4.78, 5) is 37.5. The number of aryl methyl sites for hydroxylation is 2. The maximum Gasteiger partial charge on any atom is 0.308 e. The van der Waals surface area contributed by atoms with E-state index in [0.29, 0.717) is 35.7 Å². The fourth-order valence-corrected chi connectivity index (χ4v) is 9.39. The van der Waals surface area contributed by atoms with Gasteiger partial charge < -0.3 is 9.47 Å². The van der Waals surface area contributed by atoms with E-state index in [0.717, 1.165) is 61.6 Å². The number of allylic oxidation sites excluding steroid dienone is 1. The summed E-state index contributed by atoms with van der Waals surface area (Å²) >= 11 is 0. The van der Waals surface area contributed by atoms with Gasteiger partial charge in [0.15, 0.2) is 5.78 Å². The van der Waals surface area contributed by atoms with Crippen LogP contribution in [0, 0.1) is 42.4 Å². The molecule has 4 aliphatic carbocycles. The number of carbonyl (C=O) groups excluding carboxylic acids is 3. The van der Waals surface area contributed by atoms with E-state index in [9.17, 15) is 14.4 Å². The number of ketones is 1. The Kier molecular flexibility index (Phi) is 7.13. The molecule has 3 saturated carbocycles. The van der Waals surface area contributed by atoms with Crippen molar-refractivity contribution in [3.8, 4) is 5.75 Å². The number of esters is 2. The van der Waals surface area contributed by atoms with Crippen LogP contribution in [0.5, 0.6) is 5.75 Å². The Morgan fingerprint density at radius 3 is 2.46 bits per heavy atom. The molecule has 0 aromatic heterocycles. The highest BCUT2D eigenvalue weighted by Crippen LogP contribution is 2.65. The van der Waals surface area contributed by atoms with Crippen LogP contribution in [0.1, 0.15) is 109 Å². The van der Waals surface area contributed by atoms with Crippen LogP contribution in [0.15, 0.2) is 23.8 Å². The SMILES string of the molecule is CC(=O)Oc1cc(C)cc(C)c1C(C)(C)CC(=O)O[C@H]1CC[C@H]2[C@@H]3CCC4=CC(=O)CC[C@]4(C)[C@H]3CC[C@]12C. The lowest BCUT2D eigenvalue weighted by molar-refractivity contribution is -0.161. The van der Waals surface area contributed by atoms with Crippen molar-refractivity contribution < 1.29 is 23.9 Å². The highest BCUT2D eigenvalue weighted by Gasteiger charge is 2.60. The molecule has 39 heavy (non-hydrogen) atoms. The lowest BCUT2D eigenvalue weighted by Gasteiger charge is -2.57. The normalized spacial score (nSPS) is 33.9. The Bertz CT molecular complexity index is 1220. The smallest absolute Gasteiger partial charge is 0.308 e. The summed E-state index contributed by atoms with van der Waals surface area (Å²) in [6.45, 7) is 14.2. The molecule has 0 bridgehead atoms. The van der Waals surface area contributed by atoms with E-state index in [1.807, 2.05) is 39.8 Å². The van der Waals surface area contributed by atoms with E-state index in [1.54, 1.807) is 0 Å². The summed E-state index contributed by atoms with van der Waals surface area (Å²) in [6, 6.07) is 3.95. The molecule has 0 spiro atoms. The maximum absolute atomic E-state index is 13.5. The van der Waals surface area contributed by atoms with Crippen LogP contribution in [-0.2, 0) is 24.5 Å². The van der Waals surface area contributed by atoms with Crippen molar-refractivity contribution in [2.24, 2.45) is 28.6 Å². The molecule has 0 unspecified atom stereocenters. The molecule has 1 aromatic rings. The lowest BCUT2D eigenvalue weighted by Crippen LogP contribution is -2.51. The van der Waals surface area contributed by atoms with E-state index in [4.69, 9.17) is 9.47 Å². The largest absolute Gasteiger partial charge is 0.462 e. The second-order valence-corrected chi connectivity index (χ2v) is 14.2. The van der Waals surface area contributed by atoms with E-state index in [2.05, 4.69) is 19.9 Å². The summed E-state index contributed by atoms with van der Waals surface area (Å²) < 4.78 is 11.9. The zero-order chi connectivity index (χ0) is 28.3. The van der Waals surface area contributed by atoms with Crippen molar-refractivity contribution in [1.29, 1.82) is 0 Å². The van der Waals surface area contributed by atoms with Gasteiger partial charge in [-0.3, -0.25) is 14.4 Å². The van der Waals surface area contributed by atoms with Crippen LogP contribution in [0.3, 0.4) is 0 Å². The van der Waals surface area contributed by atoms with Crippen LogP contribution in [-0.4, -0.2) is 23.8 Å². The van der Waals surface area contributed by atoms with Crippen LogP contribution < -0.4 is 4.74 Å². The highest BCUT2D eigenvalue weighted by molar-refractivity contribution is 5.91. The van der Waals surface area contributed by atoms with Crippen molar-refractivity contribution in [3.63, 3.8) is 0 Å². The quantitative estimate of drug-likeness (QED) is 0.292. The van der Waals surface area contributed by atoms with Crippen molar-refractivity contribution in [2.45, 2.75) is 118 Å². The summed E-state index contributed by atoms with van der Waals surface area (Å²) in [5.74, 6) is 2.13. The van der Waals surface area contributed by atoms with Crippen molar-refractivity contribution >= 4 is 17.7 Å². The maximum atomic E-state index is 13.5. The molecule has 212 valence electrons. The molecular formula is C34H46O5. The van der Waals surface area contributed by atoms with Crippen LogP contribution in [0.4, 0.5) is 0 Å². The topological polar surface area (TPSA) is 69.7 Å². The molecule has 5 heteroatoms. The van der Waals surface area contributed by atoms with Crippen molar-refractivity contribution in [3.05, 3.63) is 40.5 Å². The first-order valence-electron chi connectivity index (χ1n) is 15.0. The van der Waals surface area contributed by atoms with E-state index >= 15 is 0 Å². The molecule has 4 aliphatic rings. The molecule has 1 aromatic carbocycles. The van der Waals surface area contributed by atoms with Gasteiger partial charge in [0.2, 0.25) is 0 Å². The number of carbonyl (C=O) groups is 3. The molecular weight excluding hydrogens is 488 g/mol. The highest BCUT2D eigenvalue weighted by atomic mass is 16.5. The minimum absolute atomic E-state index is 0.00566. The molecule has 6 atom stereocenters. The van der Waals surface area contributed by atoms with Gasteiger partial charge in [-0.25, -0.2) is 0 Å². The molecule has 0 saturated heterocycles. The Morgan fingerprint density at radius 2 is 1.74 bits per heavy atom. The van der Waals surface area contributed by atoms with Crippen LogP contribution in [0.2, 0.25) is 0 Å². The molecule has 0 radical (unpaired) electrons. The predicted octanol–water partition coefficient (Wildman–Crippen LogP) is 7.34. The minimum atomic E-state index is -0.546. The van der Waals surface area contributed by atoms with Gasteiger partial charge in [0.1, 0.15) is 11.9 Å². The first-order chi connectivity index (χ1) is 18.2. The Hall–Kier alpha value is -2.43. The molecule has 5 nitrogen and oxygen atoms in total. The second-order valence-electron chi connectivity index (χ2n) is 14.2. The number of hydrogen-bond acceptors (Lipinski definition) is 5. The Labute approximate surface area is 234 Å². The number of fused-ring (bicyclic) bond motifs is 5. The minimum Gasteiger partial charge on any atom is -0.462 e. The van der Waals surface area contributed by atoms with Gasteiger partial charge >= 0.3 is 11.9 Å². The summed E-state index contributed by atoms with van der Waals surface area (Å²) in [7, 11) is 0. The number of rotatable bonds is 5. The third-order valence-corrected chi connectivity index (χ3v) is 11.1. The molecule has 0 amide bonds. The Morgan fingerprint density at radius 1 is 1.00 bits per heavy atom. The zero-order valence-corrected chi connectivity index (χ0v) is 24.9. The first kappa shape index (κ1) is 28.1. The summed E-state index contributed by atoms with van der Waals surface area (Å²) in [5, 5.41) is 0. The molecule has 3 fully saturated rings. The van der Waals surface area contributed by atoms with Gasteiger partial charge in [-0.15, -0.1) is 0 Å². The third kappa shape index (κ3) is 4.89. The van der Waals surface area contributed by atoms with Crippen molar-refractivity contribution in [1.82, 2.24) is 0 Å². The van der Waals surface area contributed by atoms with Gasteiger partial charge in [0.05, 0.1) is 6.42 Å². The van der Waals surface area contributed by atoms with Crippen LogP contribution >= 0.6 is 0 Å². The molecule has 0 N–H and O–H groups in total. The third-order valence-electron chi connectivity index (χ3n) is 11.1. The second kappa shape index (κ2) is 9.89.